The highest BCUT2D eigenvalue weighted by molar-refractivity contribution is 5.95. The van der Waals surface area contributed by atoms with E-state index in [1.807, 2.05) is 39.0 Å². The molecule has 0 unspecified atom stereocenters. The second kappa shape index (κ2) is 11.1. The lowest BCUT2D eigenvalue weighted by molar-refractivity contribution is -0.139. The van der Waals surface area contributed by atoms with Gasteiger partial charge in [-0.25, -0.2) is 0 Å². The van der Waals surface area contributed by atoms with Gasteiger partial charge in [-0.3, -0.25) is 9.59 Å². The van der Waals surface area contributed by atoms with Gasteiger partial charge in [0.2, 0.25) is 5.91 Å². The third-order valence-corrected chi connectivity index (χ3v) is 4.23. The molecule has 30 heavy (non-hydrogen) atoms. The second-order valence-electron chi connectivity index (χ2n) is 6.85. The maximum Gasteiger partial charge on any atom is 0.263 e. The van der Waals surface area contributed by atoms with E-state index in [9.17, 15) is 9.59 Å². The lowest BCUT2D eigenvalue weighted by atomic mass is 10.2. The highest BCUT2D eigenvalue weighted by Gasteiger charge is 2.21. The van der Waals surface area contributed by atoms with Crippen molar-refractivity contribution < 1.29 is 23.8 Å². The number of ether oxygens (including phenoxy) is 3. The predicted octanol–water partition coefficient (Wildman–Crippen LogP) is 3.66. The van der Waals surface area contributed by atoms with E-state index in [-0.39, 0.29) is 18.4 Å². The average molecular weight is 415 g/mol. The van der Waals surface area contributed by atoms with E-state index in [1.54, 1.807) is 38.2 Å². The third kappa shape index (κ3) is 6.69. The average Bonchev–Trinajstić information content (AvgIpc) is 2.69. The first-order chi connectivity index (χ1) is 14.3. The van der Waals surface area contributed by atoms with Crippen LogP contribution in [0.25, 0.3) is 0 Å². The quantitative estimate of drug-likeness (QED) is 0.642. The van der Waals surface area contributed by atoms with Crippen molar-refractivity contribution >= 4 is 17.5 Å². The molecule has 2 rings (SSSR count). The Balaban J connectivity index is 1.94. The number of likely N-dealkylation sites (N-methyl/N-ethyl adjacent to an activating group) is 1. The summed E-state index contributed by atoms with van der Waals surface area (Å²) in [5.74, 6) is 1.19. The standard InChI is InChI=1S/C23H30N2O5/c1-6-28-20-12-11-18(14-21(20)29-7-2)24-22(26)15-25(5)23(27)17(4)30-19-10-8-9-16(3)13-19/h8-14,17H,6-7,15H2,1-5H3,(H,24,26)/t17-/m0/s1. The fourth-order valence-corrected chi connectivity index (χ4v) is 2.88. The third-order valence-electron chi connectivity index (χ3n) is 4.23. The summed E-state index contributed by atoms with van der Waals surface area (Å²) in [5.41, 5.74) is 1.61. The molecular weight excluding hydrogens is 384 g/mol. The van der Waals surface area contributed by atoms with Gasteiger partial charge in [0, 0.05) is 18.8 Å². The number of carbonyl (C=O) groups excluding carboxylic acids is 2. The minimum atomic E-state index is -0.709. The second-order valence-corrected chi connectivity index (χ2v) is 6.85. The van der Waals surface area contributed by atoms with Gasteiger partial charge in [0.15, 0.2) is 17.6 Å². The van der Waals surface area contributed by atoms with Crippen molar-refractivity contribution in [2.75, 3.05) is 32.1 Å². The van der Waals surface area contributed by atoms with Gasteiger partial charge in [-0.2, -0.15) is 0 Å². The van der Waals surface area contributed by atoms with Gasteiger partial charge < -0.3 is 24.4 Å². The van der Waals surface area contributed by atoms with E-state index in [4.69, 9.17) is 14.2 Å². The topological polar surface area (TPSA) is 77.1 Å². The molecule has 0 aliphatic carbocycles. The van der Waals surface area contributed by atoms with Gasteiger partial charge in [0.25, 0.3) is 5.91 Å². The highest BCUT2D eigenvalue weighted by atomic mass is 16.5. The van der Waals surface area contributed by atoms with Crippen LogP contribution in [0.15, 0.2) is 42.5 Å². The number of nitrogens with one attached hydrogen (secondary N) is 1. The molecule has 0 aliphatic rings. The van der Waals surface area contributed by atoms with Crippen LogP contribution in [-0.4, -0.2) is 49.6 Å². The number of hydrogen-bond acceptors (Lipinski definition) is 5. The summed E-state index contributed by atoms with van der Waals surface area (Å²) in [6.07, 6.45) is -0.709. The van der Waals surface area contributed by atoms with Crippen LogP contribution >= 0.6 is 0 Å². The monoisotopic (exact) mass is 414 g/mol. The molecule has 0 heterocycles. The SMILES string of the molecule is CCOc1ccc(NC(=O)CN(C)C(=O)[C@H](C)Oc2cccc(C)c2)cc1OCC. The Morgan fingerprint density at radius 2 is 1.73 bits per heavy atom. The smallest absolute Gasteiger partial charge is 0.263 e. The molecule has 162 valence electrons. The first-order valence-electron chi connectivity index (χ1n) is 10.0. The molecule has 0 spiro atoms. The number of hydrogen-bond donors (Lipinski definition) is 1. The van der Waals surface area contributed by atoms with Crippen molar-refractivity contribution in [3.05, 3.63) is 48.0 Å². The number of amides is 2. The molecule has 0 fully saturated rings. The van der Waals surface area contributed by atoms with Crippen molar-refractivity contribution in [1.29, 1.82) is 0 Å². The van der Waals surface area contributed by atoms with Crippen molar-refractivity contribution in [3.63, 3.8) is 0 Å². The zero-order valence-electron chi connectivity index (χ0n) is 18.2. The van der Waals surface area contributed by atoms with E-state index in [0.29, 0.717) is 36.1 Å². The highest BCUT2D eigenvalue weighted by Crippen LogP contribution is 2.30. The normalized spacial score (nSPS) is 11.4. The van der Waals surface area contributed by atoms with Gasteiger partial charge in [-0.1, -0.05) is 12.1 Å². The van der Waals surface area contributed by atoms with E-state index in [1.165, 1.54) is 4.90 Å². The van der Waals surface area contributed by atoms with Crippen LogP contribution in [0.2, 0.25) is 0 Å². The first-order valence-corrected chi connectivity index (χ1v) is 10.0. The largest absolute Gasteiger partial charge is 0.490 e. The number of aryl methyl sites for hydroxylation is 1. The maximum absolute atomic E-state index is 12.6. The zero-order valence-corrected chi connectivity index (χ0v) is 18.2. The Bertz CT molecular complexity index is 868. The fourth-order valence-electron chi connectivity index (χ4n) is 2.88. The molecule has 0 aromatic heterocycles. The first kappa shape index (κ1) is 23.1. The number of carbonyl (C=O) groups is 2. The molecule has 2 amide bonds. The van der Waals surface area contributed by atoms with Crippen LogP contribution in [0.5, 0.6) is 17.2 Å². The van der Waals surface area contributed by atoms with E-state index in [2.05, 4.69) is 5.32 Å². The van der Waals surface area contributed by atoms with Crippen LogP contribution in [0.3, 0.4) is 0 Å². The molecule has 1 atom stereocenters. The van der Waals surface area contributed by atoms with Gasteiger partial charge in [0.1, 0.15) is 5.75 Å². The van der Waals surface area contributed by atoms with Gasteiger partial charge in [0.05, 0.1) is 19.8 Å². The summed E-state index contributed by atoms with van der Waals surface area (Å²) in [6, 6.07) is 12.7. The Kier molecular flexibility index (Phi) is 8.53. The molecule has 7 nitrogen and oxygen atoms in total. The van der Waals surface area contributed by atoms with E-state index >= 15 is 0 Å². The molecule has 7 heteroatoms. The molecule has 0 radical (unpaired) electrons. The lowest BCUT2D eigenvalue weighted by Crippen LogP contribution is -2.42. The van der Waals surface area contributed by atoms with Crippen LogP contribution in [0.4, 0.5) is 5.69 Å². The molecular formula is C23H30N2O5. The van der Waals surface area contributed by atoms with Gasteiger partial charge in [-0.05, 0) is 57.5 Å². The van der Waals surface area contributed by atoms with Crippen LogP contribution in [0.1, 0.15) is 26.3 Å². The van der Waals surface area contributed by atoms with Gasteiger partial charge >= 0.3 is 0 Å². The minimum Gasteiger partial charge on any atom is -0.490 e. The van der Waals surface area contributed by atoms with Crippen LogP contribution in [-0.2, 0) is 9.59 Å². The van der Waals surface area contributed by atoms with Crippen molar-refractivity contribution in [3.8, 4) is 17.2 Å². The van der Waals surface area contributed by atoms with Gasteiger partial charge in [-0.15, -0.1) is 0 Å². The summed E-state index contributed by atoms with van der Waals surface area (Å²) in [7, 11) is 1.57. The minimum absolute atomic E-state index is 0.0997. The number of anilines is 1. The van der Waals surface area contributed by atoms with Crippen molar-refractivity contribution in [1.82, 2.24) is 4.90 Å². The molecule has 0 saturated heterocycles. The summed E-state index contributed by atoms with van der Waals surface area (Å²) in [6.45, 7) is 8.28. The predicted molar refractivity (Wildman–Crippen MR) is 116 cm³/mol. The Morgan fingerprint density at radius 3 is 2.40 bits per heavy atom. The van der Waals surface area contributed by atoms with Crippen molar-refractivity contribution in [2.45, 2.75) is 33.8 Å². The van der Waals surface area contributed by atoms with Crippen molar-refractivity contribution in [2.24, 2.45) is 0 Å². The summed E-state index contributed by atoms with van der Waals surface area (Å²) in [5, 5.41) is 2.78. The van der Waals surface area contributed by atoms with Crippen LogP contribution in [0, 0.1) is 6.92 Å². The Labute approximate surface area is 177 Å². The maximum atomic E-state index is 12.6. The number of rotatable bonds is 10. The van der Waals surface area contributed by atoms with Crippen LogP contribution < -0.4 is 19.5 Å². The summed E-state index contributed by atoms with van der Waals surface area (Å²) < 4.78 is 16.8. The zero-order chi connectivity index (χ0) is 22.1. The molecule has 2 aromatic rings. The van der Waals surface area contributed by atoms with E-state index < -0.39 is 6.10 Å². The number of nitrogens with zero attached hydrogens (tertiary/aromatic N) is 1. The molecule has 0 saturated carbocycles. The Morgan fingerprint density at radius 1 is 1.03 bits per heavy atom. The summed E-state index contributed by atoms with van der Waals surface area (Å²) >= 11 is 0. The van der Waals surface area contributed by atoms with E-state index in [0.717, 1.165) is 5.56 Å². The molecule has 1 N–H and O–H groups in total. The molecule has 0 aliphatic heterocycles. The molecule has 0 bridgehead atoms. The number of benzene rings is 2. The Hall–Kier alpha value is -3.22. The lowest BCUT2D eigenvalue weighted by Gasteiger charge is -2.22. The fraction of sp³-hybridized carbons (Fsp3) is 0.391. The summed E-state index contributed by atoms with van der Waals surface area (Å²) in [4.78, 5) is 26.3. The molecule has 2 aromatic carbocycles.